The Bertz CT molecular complexity index is 931. The fraction of sp³-hybridized carbons (Fsp3) is 0.522. The van der Waals surface area contributed by atoms with Gasteiger partial charge in [0.2, 0.25) is 5.91 Å². The van der Waals surface area contributed by atoms with Crippen molar-refractivity contribution in [2.45, 2.75) is 59.4 Å². The summed E-state index contributed by atoms with van der Waals surface area (Å²) in [6.07, 6.45) is 5.10. The molecule has 1 saturated carbocycles. The van der Waals surface area contributed by atoms with Crippen molar-refractivity contribution in [3.05, 3.63) is 40.8 Å². The number of anilines is 1. The highest BCUT2D eigenvalue weighted by Gasteiger charge is 2.34. The Morgan fingerprint density at radius 2 is 1.94 bits per heavy atom. The van der Waals surface area contributed by atoms with E-state index in [0.717, 1.165) is 25.7 Å². The van der Waals surface area contributed by atoms with Crippen LogP contribution in [0.3, 0.4) is 0 Å². The number of hydrogen-bond acceptors (Lipinski definition) is 4. The number of nitrogens with zero attached hydrogens (tertiary/aromatic N) is 3. The smallest absolute Gasteiger partial charge is 0.343 e. The zero-order chi connectivity index (χ0) is 22.7. The molecule has 0 unspecified atom stereocenters. The molecular weight excluding hydrogens is 421 g/mol. The van der Waals surface area contributed by atoms with Gasteiger partial charge in [-0.05, 0) is 70.6 Å². The van der Waals surface area contributed by atoms with Gasteiger partial charge >= 0.3 is 5.97 Å². The Morgan fingerprint density at radius 1 is 1.26 bits per heavy atom. The summed E-state index contributed by atoms with van der Waals surface area (Å²) >= 11 is 6.00. The summed E-state index contributed by atoms with van der Waals surface area (Å²) in [4.78, 5) is 27.8. The van der Waals surface area contributed by atoms with Gasteiger partial charge in [0, 0.05) is 23.2 Å². The van der Waals surface area contributed by atoms with Crippen LogP contribution in [0.2, 0.25) is 5.02 Å². The van der Waals surface area contributed by atoms with Crippen molar-refractivity contribution >= 4 is 29.3 Å². The first kappa shape index (κ1) is 23.3. The van der Waals surface area contributed by atoms with Crippen molar-refractivity contribution in [3.63, 3.8) is 0 Å². The molecule has 8 heteroatoms. The van der Waals surface area contributed by atoms with Gasteiger partial charge in [0.05, 0.1) is 12.3 Å². The molecule has 1 amide bonds. The maximum Gasteiger partial charge on any atom is 0.343 e. The van der Waals surface area contributed by atoms with Gasteiger partial charge in [0.25, 0.3) is 0 Å². The number of carbonyl (C=O) groups is 2. The van der Waals surface area contributed by atoms with Gasteiger partial charge in [-0.15, -0.1) is 5.10 Å². The molecule has 31 heavy (non-hydrogen) atoms. The summed E-state index contributed by atoms with van der Waals surface area (Å²) in [6.45, 7) is 7.87. The first-order valence-electron chi connectivity index (χ1n) is 10.8. The maximum absolute atomic E-state index is 13.9. The SMILES string of the molecule is CCOC(=O)c1cn(-c2cc(F)cc(Cl)c2)nc1N(C(=O)C1CCC(C)CC1)C(C)C. The summed E-state index contributed by atoms with van der Waals surface area (Å²) < 4.78 is 20.5. The Balaban J connectivity index is 2.05. The van der Waals surface area contributed by atoms with Crippen LogP contribution in [0.15, 0.2) is 24.4 Å². The average molecular weight is 450 g/mol. The second-order valence-electron chi connectivity index (χ2n) is 8.42. The monoisotopic (exact) mass is 449 g/mol. The van der Waals surface area contributed by atoms with E-state index < -0.39 is 11.8 Å². The zero-order valence-electron chi connectivity index (χ0n) is 18.4. The molecule has 1 fully saturated rings. The average Bonchev–Trinajstić information content (AvgIpc) is 3.13. The minimum absolute atomic E-state index is 0.0463. The van der Waals surface area contributed by atoms with E-state index >= 15 is 0 Å². The maximum atomic E-state index is 13.9. The lowest BCUT2D eigenvalue weighted by atomic mass is 9.82. The van der Waals surface area contributed by atoms with Crippen LogP contribution < -0.4 is 4.90 Å². The lowest BCUT2D eigenvalue weighted by Crippen LogP contribution is -2.43. The highest BCUT2D eigenvalue weighted by molar-refractivity contribution is 6.30. The van der Waals surface area contributed by atoms with Crippen molar-refractivity contribution in [2.75, 3.05) is 11.5 Å². The molecule has 1 aromatic carbocycles. The second-order valence-corrected chi connectivity index (χ2v) is 8.85. The summed E-state index contributed by atoms with van der Waals surface area (Å²) in [5, 5.41) is 4.72. The quantitative estimate of drug-likeness (QED) is 0.553. The van der Waals surface area contributed by atoms with Gasteiger partial charge in [-0.1, -0.05) is 18.5 Å². The molecule has 1 aromatic heterocycles. The number of halogens is 2. The summed E-state index contributed by atoms with van der Waals surface area (Å²) in [7, 11) is 0. The van der Waals surface area contributed by atoms with Crippen LogP contribution in [0.25, 0.3) is 5.69 Å². The van der Waals surface area contributed by atoms with E-state index in [1.54, 1.807) is 17.9 Å². The van der Waals surface area contributed by atoms with Crippen LogP contribution in [-0.4, -0.2) is 34.3 Å². The molecule has 0 radical (unpaired) electrons. The molecule has 0 saturated heterocycles. The van der Waals surface area contributed by atoms with Gasteiger partial charge in [0.1, 0.15) is 11.4 Å². The van der Waals surface area contributed by atoms with Gasteiger partial charge in [-0.2, -0.15) is 0 Å². The number of ether oxygens (including phenoxy) is 1. The number of carbonyl (C=O) groups excluding carboxylic acids is 2. The molecule has 0 spiro atoms. The number of amides is 1. The van der Waals surface area contributed by atoms with E-state index in [-0.39, 0.29) is 40.9 Å². The summed E-state index contributed by atoms with van der Waals surface area (Å²) in [6, 6.07) is 3.78. The van der Waals surface area contributed by atoms with E-state index in [4.69, 9.17) is 16.3 Å². The highest BCUT2D eigenvalue weighted by Crippen LogP contribution is 2.33. The first-order valence-corrected chi connectivity index (χ1v) is 11.1. The molecular formula is C23H29ClFN3O3. The number of esters is 1. The highest BCUT2D eigenvalue weighted by atomic mass is 35.5. The Labute approximate surface area is 187 Å². The van der Waals surface area contributed by atoms with Crippen molar-refractivity contribution in [2.24, 2.45) is 11.8 Å². The minimum atomic E-state index is -0.582. The van der Waals surface area contributed by atoms with E-state index in [2.05, 4.69) is 12.0 Å². The third-order valence-corrected chi connectivity index (χ3v) is 5.87. The van der Waals surface area contributed by atoms with Crippen LogP contribution in [0.1, 0.15) is 63.7 Å². The molecule has 0 aliphatic heterocycles. The number of hydrogen-bond donors (Lipinski definition) is 0. The Hall–Kier alpha value is -2.41. The molecule has 3 rings (SSSR count). The van der Waals surface area contributed by atoms with Gasteiger partial charge in [0.15, 0.2) is 5.82 Å². The number of aromatic nitrogens is 2. The topological polar surface area (TPSA) is 64.4 Å². The van der Waals surface area contributed by atoms with Crippen LogP contribution in [-0.2, 0) is 9.53 Å². The van der Waals surface area contributed by atoms with Crippen LogP contribution in [0.5, 0.6) is 0 Å². The molecule has 1 aliphatic rings. The minimum Gasteiger partial charge on any atom is -0.462 e. The van der Waals surface area contributed by atoms with Crippen LogP contribution in [0.4, 0.5) is 10.2 Å². The third-order valence-electron chi connectivity index (χ3n) is 5.65. The standard InChI is InChI=1S/C23H29ClFN3O3/c1-5-31-23(30)20-13-27(19-11-17(24)10-18(25)12-19)26-21(20)28(14(2)3)22(29)16-8-6-15(4)7-9-16/h10-16H,5-9H2,1-4H3. The van der Waals surface area contributed by atoms with E-state index in [1.807, 2.05) is 13.8 Å². The summed E-state index contributed by atoms with van der Waals surface area (Å²) in [5.74, 6) is -0.425. The van der Waals surface area contributed by atoms with Gasteiger partial charge in [-0.25, -0.2) is 13.9 Å². The van der Waals surface area contributed by atoms with E-state index in [1.165, 1.54) is 23.0 Å². The van der Waals surface area contributed by atoms with E-state index in [9.17, 15) is 14.0 Å². The van der Waals surface area contributed by atoms with Crippen LogP contribution >= 0.6 is 11.6 Å². The number of rotatable bonds is 6. The number of benzene rings is 1. The predicted octanol–water partition coefficient (Wildman–Crippen LogP) is 5.41. The Morgan fingerprint density at radius 3 is 2.52 bits per heavy atom. The van der Waals surface area contributed by atoms with Gasteiger partial charge < -0.3 is 4.74 Å². The summed E-state index contributed by atoms with van der Waals surface area (Å²) in [5.41, 5.74) is 0.512. The zero-order valence-corrected chi connectivity index (χ0v) is 19.2. The lowest BCUT2D eigenvalue weighted by Gasteiger charge is -2.32. The fourth-order valence-corrected chi connectivity index (χ4v) is 4.22. The van der Waals surface area contributed by atoms with Crippen molar-refractivity contribution in [1.29, 1.82) is 0 Å². The van der Waals surface area contributed by atoms with E-state index in [0.29, 0.717) is 11.6 Å². The molecule has 2 aromatic rings. The molecule has 168 valence electrons. The predicted molar refractivity (Wildman–Crippen MR) is 118 cm³/mol. The molecule has 0 bridgehead atoms. The first-order chi connectivity index (χ1) is 14.7. The largest absolute Gasteiger partial charge is 0.462 e. The molecule has 6 nitrogen and oxygen atoms in total. The van der Waals surface area contributed by atoms with Crippen molar-refractivity contribution in [3.8, 4) is 5.69 Å². The fourth-order valence-electron chi connectivity index (χ4n) is 4.01. The molecule has 1 heterocycles. The normalized spacial score (nSPS) is 18.8. The lowest BCUT2D eigenvalue weighted by molar-refractivity contribution is -0.124. The Kier molecular flexibility index (Phi) is 7.36. The molecule has 0 atom stereocenters. The molecule has 0 N–H and O–H groups in total. The third kappa shape index (κ3) is 5.26. The van der Waals surface area contributed by atoms with Crippen LogP contribution in [0, 0.1) is 17.7 Å². The van der Waals surface area contributed by atoms with Crippen molar-refractivity contribution < 1.29 is 18.7 Å². The van der Waals surface area contributed by atoms with Crippen molar-refractivity contribution in [1.82, 2.24) is 9.78 Å². The van der Waals surface area contributed by atoms with Gasteiger partial charge in [-0.3, -0.25) is 9.69 Å². The molecule has 1 aliphatic carbocycles. The second kappa shape index (κ2) is 9.81.